The number of methoxy groups -OCH3 is 2. The molecule has 3 rings (SSSR count). The molecule has 0 unspecified atom stereocenters. The topological polar surface area (TPSA) is 72.9 Å². The van der Waals surface area contributed by atoms with Crippen LogP contribution in [0.4, 0.5) is 0 Å². The van der Waals surface area contributed by atoms with E-state index in [0.29, 0.717) is 35.4 Å². The van der Waals surface area contributed by atoms with E-state index in [1.165, 1.54) is 14.2 Å². The Bertz CT molecular complexity index is 958. The summed E-state index contributed by atoms with van der Waals surface area (Å²) in [6.07, 6.45) is 3.72. The summed E-state index contributed by atoms with van der Waals surface area (Å²) in [5, 5.41) is 0. The molecule has 2 aromatic rings. The summed E-state index contributed by atoms with van der Waals surface area (Å²) in [4.78, 5) is 38.5. The van der Waals surface area contributed by atoms with Crippen molar-refractivity contribution >= 4 is 29.9 Å². The van der Waals surface area contributed by atoms with Crippen molar-refractivity contribution in [2.45, 2.75) is 6.92 Å². The van der Waals surface area contributed by atoms with E-state index in [1.807, 2.05) is 12.2 Å². The Morgan fingerprint density at radius 1 is 0.812 bits per heavy atom. The highest BCUT2D eigenvalue weighted by atomic mass is 35.5. The second-order valence-corrected chi connectivity index (χ2v) is 7.20. The van der Waals surface area contributed by atoms with Crippen LogP contribution in [-0.2, 0) is 14.3 Å². The minimum Gasteiger partial charge on any atom is -1.00 e. The monoisotopic (exact) mass is 454 g/mol. The molecule has 1 aliphatic heterocycles. The number of halogens is 1. The largest absolute Gasteiger partial charge is 1.00 e. The van der Waals surface area contributed by atoms with E-state index < -0.39 is 11.9 Å². The quantitative estimate of drug-likeness (QED) is 0.487. The smallest absolute Gasteiger partial charge is 0.337 e. The highest BCUT2D eigenvalue weighted by molar-refractivity contribution is 6.14. The van der Waals surface area contributed by atoms with Gasteiger partial charge in [0.15, 0.2) is 5.78 Å². The Morgan fingerprint density at radius 3 is 1.50 bits per heavy atom. The summed E-state index contributed by atoms with van der Waals surface area (Å²) in [5.74, 6) is -0.791. The van der Waals surface area contributed by atoms with E-state index in [4.69, 9.17) is 9.47 Å². The highest BCUT2D eigenvalue weighted by Crippen LogP contribution is 2.22. The number of likely N-dealkylation sites (tertiary alicyclic amines) is 1. The lowest BCUT2D eigenvalue weighted by Gasteiger charge is -2.28. The molecule has 0 bridgehead atoms. The number of benzene rings is 2. The van der Waals surface area contributed by atoms with E-state index in [1.54, 1.807) is 48.5 Å². The van der Waals surface area contributed by atoms with Gasteiger partial charge in [0.05, 0.1) is 25.3 Å². The second kappa shape index (κ2) is 11.4. The van der Waals surface area contributed by atoms with Gasteiger partial charge in [-0.25, -0.2) is 9.59 Å². The summed E-state index contributed by atoms with van der Waals surface area (Å²) in [7, 11) is 2.68. The van der Waals surface area contributed by atoms with Gasteiger partial charge in [0.1, 0.15) is 0 Å². The number of Topliss-reactive ketones (excluding diaryl/α,β-unsaturated/α-hetero) is 1. The molecule has 0 atom stereocenters. The van der Waals surface area contributed by atoms with Crippen LogP contribution in [-0.4, -0.2) is 56.5 Å². The average molecular weight is 455 g/mol. The number of esters is 2. The van der Waals surface area contributed by atoms with Crippen LogP contribution in [0.25, 0.3) is 12.2 Å². The van der Waals surface area contributed by atoms with Gasteiger partial charge < -0.3 is 21.9 Å². The van der Waals surface area contributed by atoms with E-state index >= 15 is 0 Å². The van der Waals surface area contributed by atoms with Gasteiger partial charge in [0, 0.05) is 24.2 Å². The number of ether oxygens (including phenoxy) is 2. The van der Waals surface area contributed by atoms with Gasteiger partial charge in [-0.3, -0.25) is 9.69 Å². The van der Waals surface area contributed by atoms with Crippen LogP contribution in [0, 0.1) is 0 Å². The molecule has 1 aliphatic rings. The van der Waals surface area contributed by atoms with Crippen LogP contribution < -0.4 is 12.4 Å². The van der Waals surface area contributed by atoms with Crippen LogP contribution in [0.2, 0.25) is 0 Å². The van der Waals surface area contributed by atoms with Gasteiger partial charge >= 0.3 is 11.9 Å². The number of hydrogen-bond donors (Lipinski definition) is 0. The summed E-state index contributed by atoms with van der Waals surface area (Å²) >= 11 is 0. The zero-order chi connectivity index (χ0) is 22.4. The maximum absolute atomic E-state index is 13.1. The lowest BCUT2D eigenvalue weighted by atomic mass is 9.94. The molecule has 7 heteroatoms. The molecular weight excluding hydrogens is 430 g/mol. The number of carbonyl (C=O) groups is 3. The molecule has 1 saturated heterocycles. The predicted molar refractivity (Wildman–Crippen MR) is 119 cm³/mol. The fourth-order valence-corrected chi connectivity index (χ4v) is 3.40. The number of carbonyl (C=O) groups excluding carboxylic acids is 3. The Hall–Kier alpha value is -3.22. The third-order valence-corrected chi connectivity index (χ3v) is 5.16. The molecule has 1 fully saturated rings. The first-order valence-electron chi connectivity index (χ1n) is 10.00. The lowest BCUT2D eigenvalue weighted by molar-refractivity contribution is -0.113. The maximum atomic E-state index is 13.1. The molecule has 0 aliphatic carbocycles. The molecule has 0 N–H and O–H groups in total. The van der Waals surface area contributed by atoms with Gasteiger partial charge in [-0.15, -0.1) is 0 Å². The summed E-state index contributed by atoms with van der Waals surface area (Å²) in [5.41, 5.74) is 4.00. The highest BCUT2D eigenvalue weighted by Gasteiger charge is 2.25. The standard InChI is InChI=1S/C25H25NO5.ClH/c1-4-26-15-21(13-17-5-9-19(10-6-17)24(28)30-2)23(27)22(16-26)14-18-7-11-20(12-8-18)25(29)31-3;/h5-14H,4,15-16H2,1-3H3;1H/p-1/b21-13-,22-14+;. The van der Waals surface area contributed by atoms with E-state index in [2.05, 4.69) is 11.8 Å². The van der Waals surface area contributed by atoms with E-state index in [-0.39, 0.29) is 18.2 Å². The van der Waals surface area contributed by atoms with Crippen LogP contribution in [0.3, 0.4) is 0 Å². The second-order valence-electron chi connectivity index (χ2n) is 7.20. The summed E-state index contributed by atoms with van der Waals surface area (Å²) in [6, 6.07) is 13.9. The molecule has 0 aromatic heterocycles. The molecule has 0 saturated carbocycles. The molecular formula is C25H25ClNO5-. The third kappa shape index (κ3) is 5.93. The van der Waals surface area contributed by atoms with Gasteiger partial charge in [0.2, 0.25) is 0 Å². The van der Waals surface area contributed by atoms with Gasteiger partial charge in [-0.1, -0.05) is 31.2 Å². The van der Waals surface area contributed by atoms with Crippen LogP contribution in [0.15, 0.2) is 59.7 Å². The minimum atomic E-state index is -0.395. The van der Waals surface area contributed by atoms with Crippen LogP contribution in [0.1, 0.15) is 38.8 Å². The molecule has 2 aromatic carbocycles. The maximum Gasteiger partial charge on any atom is 0.337 e. The zero-order valence-corrected chi connectivity index (χ0v) is 19.0. The molecule has 32 heavy (non-hydrogen) atoms. The SMILES string of the molecule is CCN1C/C(=C/c2ccc(C(=O)OC)cc2)C(=O)/C(=C/c2ccc(C(=O)OC)cc2)C1.[Cl-]. The first-order chi connectivity index (χ1) is 14.9. The number of likely N-dealkylation sites (N-methyl/N-ethyl adjacent to an activating group) is 1. The Morgan fingerprint density at radius 2 is 1.19 bits per heavy atom. The summed E-state index contributed by atoms with van der Waals surface area (Å²) < 4.78 is 9.44. The number of nitrogens with zero attached hydrogens (tertiary/aromatic N) is 1. The minimum absolute atomic E-state index is 0. The fourth-order valence-electron chi connectivity index (χ4n) is 3.40. The molecule has 6 nitrogen and oxygen atoms in total. The number of ketones is 1. The van der Waals surface area contributed by atoms with Crippen molar-refractivity contribution in [2.75, 3.05) is 33.9 Å². The Balaban J connectivity index is 0.00000363. The Labute approximate surface area is 193 Å². The average Bonchev–Trinajstić information content (AvgIpc) is 2.81. The number of piperidine rings is 1. The van der Waals surface area contributed by atoms with Crippen LogP contribution >= 0.6 is 0 Å². The van der Waals surface area contributed by atoms with E-state index in [9.17, 15) is 14.4 Å². The zero-order valence-electron chi connectivity index (χ0n) is 18.3. The van der Waals surface area contributed by atoms with Crippen molar-refractivity contribution < 1.29 is 36.3 Å². The number of rotatable bonds is 5. The first kappa shape index (κ1) is 25.0. The van der Waals surface area contributed by atoms with Crippen molar-refractivity contribution in [1.29, 1.82) is 0 Å². The molecule has 0 radical (unpaired) electrons. The summed E-state index contributed by atoms with van der Waals surface area (Å²) in [6.45, 7) is 3.99. The van der Waals surface area contributed by atoms with Crippen molar-refractivity contribution in [3.05, 3.63) is 81.9 Å². The third-order valence-electron chi connectivity index (χ3n) is 5.16. The van der Waals surface area contributed by atoms with Crippen molar-refractivity contribution in [3.63, 3.8) is 0 Å². The Kier molecular flexibility index (Phi) is 8.93. The predicted octanol–water partition coefficient (Wildman–Crippen LogP) is 0.635. The van der Waals surface area contributed by atoms with Crippen molar-refractivity contribution in [3.8, 4) is 0 Å². The lowest BCUT2D eigenvalue weighted by Crippen LogP contribution is -3.00. The molecule has 1 heterocycles. The van der Waals surface area contributed by atoms with Crippen molar-refractivity contribution in [2.24, 2.45) is 0 Å². The fraction of sp³-hybridized carbons (Fsp3) is 0.240. The normalized spacial score (nSPS) is 16.5. The van der Waals surface area contributed by atoms with Gasteiger partial charge in [-0.05, 0) is 54.1 Å². The van der Waals surface area contributed by atoms with E-state index in [0.717, 1.165) is 17.7 Å². The van der Waals surface area contributed by atoms with Crippen molar-refractivity contribution in [1.82, 2.24) is 4.90 Å². The number of hydrogen-bond acceptors (Lipinski definition) is 6. The van der Waals surface area contributed by atoms with Crippen LogP contribution in [0.5, 0.6) is 0 Å². The van der Waals surface area contributed by atoms with Gasteiger partial charge in [0.25, 0.3) is 0 Å². The van der Waals surface area contributed by atoms with Gasteiger partial charge in [-0.2, -0.15) is 0 Å². The molecule has 0 spiro atoms. The molecule has 0 amide bonds. The molecule has 168 valence electrons. The first-order valence-corrected chi connectivity index (χ1v) is 10.00.